The van der Waals surface area contributed by atoms with Crippen LogP contribution in [0.4, 0.5) is 0 Å². The van der Waals surface area contributed by atoms with Crippen LogP contribution in [0.1, 0.15) is 26.2 Å². The largest absolute Gasteiger partial charge is 0.443 e. The molecule has 1 saturated heterocycles. The summed E-state index contributed by atoms with van der Waals surface area (Å²) < 4.78 is 10.5. The minimum absolute atomic E-state index is 0.308. The molecular weight excluding hydrogens is 140 g/mol. The Morgan fingerprint density at radius 3 is 2.82 bits per heavy atom. The topological polar surface area (TPSA) is 18.5 Å². The molecule has 0 aromatic rings. The van der Waals surface area contributed by atoms with E-state index in [1.54, 1.807) is 0 Å². The lowest BCUT2D eigenvalue weighted by atomic mass is 10.2. The standard InChI is InChI=1S/C9H14O2/c1-2-3-6-11-9-4-7-10-8-5-9/h9H,2,4-5,7-8H2,1H3. The highest BCUT2D eigenvalue weighted by Crippen LogP contribution is 2.09. The van der Waals surface area contributed by atoms with Crippen LogP contribution in [0.2, 0.25) is 0 Å². The van der Waals surface area contributed by atoms with Gasteiger partial charge in [-0.3, -0.25) is 0 Å². The van der Waals surface area contributed by atoms with E-state index in [1.165, 1.54) is 0 Å². The summed E-state index contributed by atoms with van der Waals surface area (Å²) in [4.78, 5) is 0. The number of hydrogen-bond acceptors (Lipinski definition) is 2. The summed E-state index contributed by atoms with van der Waals surface area (Å²) in [5.41, 5.74) is 0. The fourth-order valence-electron chi connectivity index (χ4n) is 0.991. The van der Waals surface area contributed by atoms with Crippen molar-refractivity contribution in [2.24, 2.45) is 0 Å². The van der Waals surface area contributed by atoms with Crippen LogP contribution >= 0.6 is 0 Å². The van der Waals surface area contributed by atoms with Gasteiger partial charge in [0.15, 0.2) is 0 Å². The molecule has 1 aliphatic heterocycles. The van der Waals surface area contributed by atoms with E-state index < -0.39 is 0 Å². The lowest BCUT2D eigenvalue weighted by Crippen LogP contribution is -2.21. The average Bonchev–Trinajstić information content (AvgIpc) is 2.07. The van der Waals surface area contributed by atoms with Gasteiger partial charge in [0.05, 0.1) is 13.2 Å². The van der Waals surface area contributed by atoms with Crippen molar-refractivity contribution in [2.45, 2.75) is 32.3 Å². The van der Waals surface area contributed by atoms with Gasteiger partial charge in [-0.05, 0) is 0 Å². The minimum Gasteiger partial charge on any atom is -0.443 e. The molecule has 0 saturated carbocycles. The molecule has 11 heavy (non-hydrogen) atoms. The van der Waals surface area contributed by atoms with Gasteiger partial charge in [-0.25, -0.2) is 0 Å². The maximum atomic E-state index is 5.28. The predicted molar refractivity (Wildman–Crippen MR) is 43.0 cm³/mol. The molecule has 0 aliphatic carbocycles. The van der Waals surface area contributed by atoms with E-state index in [-0.39, 0.29) is 0 Å². The Kier molecular flexibility index (Phi) is 3.85. The Hall–Kier alpha value is -0.680. The Labute approximate surface area is 67.9 Å². The van der Waals surface area contributed by atoms with Crippen LogP contribution in [0.25, 0.3) is 0 Å². The van der Waals surface area contributed by atoms with Crippen molar-refractivity contribution < 1.29 is 9.47 Å². The van der Waals surface area contributed by atoms with Crippen molar-refractivity contribution in [1.82, 2.24) is 0 Å². The zero-order valence-electron chi connectivity index (χ0n) is 6.93. The molecule has 0 unspecified atom stereocenters. The second-order valence-electron chi connectivity index (χ2n) is 2.56. The first-order valence-corrected chi connectivity index (χ1v) is 4.14. The number of hydrogen-bond donors (Lipinski definition) is 0. The summed E-state index contributed by atoms with van der Waals surface area (Å²) in [5, 5.41) is 0. The zero-order valence-corrected chi connectivity index (χ0v) is 6.93. The van der Waals surface area contributed by atoms with Crippen molar-refractivity contribution in [1.29, 1.82) is 0 Å². The van der Waals surface area contributed by atoms with E-state index in [0.29, 0.717) is 6.10 Å². The van der Waals surface area contributed by atoms with Crippen LogP contribution in [-0.2, 0) is 9.47 Å². The highest BCUT2D eigenvalue weighted by atomic mass is 16.5. The van der Waals surface area contributed by atoms with Crippen molar-refractivity contribution in [3.05, 3.63) is 0 Å². The summed E-state index contributed by atoms with van der Waals surface area (Å²) in [6.07, 6.45) is 5.84. The molecule has 62 valence electrons. The van der Waals surface area contributed by atoms with Gasteiger partial charge in [0.2, 0.25) is 0 Å². The Balaban J connectivity index is 2.14. The second-order valence-corrected chi connectivity index (χ2v) is 2.56. The highest BCUT2D eigenvalue weighted by Gasteiger charge is 2.13. The molecule has 1 aliphatic rings. The third-order valence-corrected chi connectivity index (χ3v) is 1.64. The Morgan fingerprint density at radius 1 is 1.45 bits per heavy atom. The Morgan fingerprint density at radius 2 is 2.18 bits per heavy atom. The van der Waals surface area contributed by atoms with E-state index >= 15 is 0 Å². The zero-order chi connectivity index (χ0) is 7.94. The first kappa shape index (κ1) is 8.42. The van der Waals surface area contributed by atoms with Crippen LogP contribution in [0.15, 0.2) is 0 Å². The second kappa shape index (κ2) is 5.03. The Bertz CT molecular complexity index is 149. The van der Waals surface area contributed by atoms with Crippen LogP contribution < -0.4 is 0 Å². The fraction of sp³-hybridized carbons (Fsp3) is 0.778. The fourth-order valence-corrected chi connectivity index (χ4v) is 0.991. The molecule has 1 fully saturated rings. The van der Waals surface area contributed by atoms with E-state index in [1.807, 2.05) is 6.92 Å². The molecule has 1 rings (SSSR count). The van der Waals surface area contributed by atoms with Crippen molar-refractivity contribution in [3.8, 4) is 12.0 Å². The molecule has 0 aromatic heterocycles. The van der Waals surface area contributed by atoms with E-state index in [0.717, 1.165) is 32.5 Å². The first-order chi connectivity index (χ1) is 5.43. The van der Waals surface area contributed by atoms with Crippen LogP contribution in [0.3, 0.4) is 0 Å². The van der Waals surface area contributed by atoms with Gasteiger partial charge >= 0.3 is 0 Å². The molecule has 0 aromatic carbocycles. The molecule has 0 N–H and O–H groups in total. The van der Waals surface area contributed by atoms with Gasteiger partial charge < -0.3 is 9.47 Å². The first-order valence-electron chi connectivity index (χ1n) is 4.14. The molecule has 0 spiro atoms. The maximum Gasteiger partial charge on any atom is 0.115 e. The molecule has 0 radical (unpaired) electrons. The molecule has 1 heterocycles. The quantitative estimate of drug-likeness (QED) is 0.533. The van der Waals surface area contributed by atoms with E-state index in [2.05, 4.69) is 12.0 Å². The molecule has 0 bridgehead atoms. The maximum absolute atomic E-state index is 5.28. The smallest absolute Gasteiger partial charge is 0.115 e. The van der Waals surface area contributed by atoms with Crippen molar-refractivity contribution in [2.75, 3.05) is 13.2 Å². The third-order valence-electron chi connectivity index (χ3n) is 1.64. The van der Waals surface area contributed by atoms with Gasteiger partial charge in [0.1, 0.15) is 12.2 Å². The van der Waals surface area contributed by atoms with Crippen molar-refractivity contribution >= 4 is 0 Å². The molecular formula is C9H14O2. The molecule has 2 heteroatoms. The summed E-state index contributed by atoms with van der Waals surface area (Å²) in [5.74, 6) is 2.88. The number of ether oxygens (including phenoxy) is 2. The average molecular weight is 154 g/mol. The summed E-state index contributed by atoms with van der Waals surface area (Å²) in [6, 6.07) is 0. The molecule has 2 nitrogen and oxygen atoms in total. The normalized spacial score (nSPS) is 18.6. The number of rotatable bonds is 1. The van der Waals surface area contributed by atoms with Gasteiger partial charge in [-0.15, -0.1) is 0 Å². The van der Waals surface area contributed by atoms with Crippen LogP contribution in [0, 0.1) is 12.0 Å². The van der Waals surface area contributed by atoms with Crippen molar-refractivity contribution in [3.63, 3.8) is 0 Å². The lowest BCUT2D eigenvalue weighted by Gasteiger charge is -2.19. The van der Waals surface area contributed by atoms with Crippen LogP contribution in [-0.4, -0.2) is 19.3 Å². The van der Waals surface area contributed by atoms with E-state index in [9.17, 15) is 0 Å². The summed E-state index contributed by atoms with van der Waals surface area (Å²) in [6.45, 7) is 3.65. The van der Waals surface area contributed by atoms with Gasteiger partial charge in [-0.1, -0.05) is 12.8 Å². The monoisotopic (exact) mass is 154 g/mol. The molecule has 0 atom stereocenters. The summed E-state index contributed by atoms with van der Waals surface area (Å²) in [7, 11) is 0. The predicted octanol–water partition coefficient (Wildman–Crippen LogP) is 1.55. The van der Waals surface area contributed by atoms with Gasteiger partial charge in [0, 0.05) is 19.3 Å². The van der Waals surface area contributed by atoms with Gasteiger partial charge in [0.25, 0.3) is 0 Å². The minimum atomic E-state index is 0.308. The third kappa shape index (κ3) is 3.29. The SMILES string of the molecule is CCC#COC1CCOCC1. The van der Waals surface area contributed by atoms with Gasteiger partial charge in [-0.2, -0.15) is 0 Å². The summed E-state index contributed by atoms with van der Waals surface area (Å²) >= 11 is 0. The molecule has 0 amide bonds. The lowest BCUT2D eigenvalue weighted by molar-refractivity contribution is 0.0132. The highest BCUT2D eigenvalue weighted by molar-refractivity contribution is 4.90. The van der Waals surface area contributed by atoms with E-state index in [4.69, 9.17) is 9.47 Å². The van der Waals surface area contributed by atoms with Crippen LogP contribution in [0.5, 0.6) is 0 Å².